The fourth-order valence-corrected chi connectivity index (χ4v) is 0.905. The van der Waals surface area contributed by atoms with Gasteiger partial charge >= 0.3 is 6.36 Å². The van der Waals surface area contributed by atoms with Gasteiger partial charge in [-0.05, 0) is 0 Å². The Morgan fingerprint density at radius 3 is 2.46 bits per heavy atom. The van der Waals surface area contributed by atoms with E-state index >= 15 is 0 Å². The average Bonchev–Trinajstić information content (AvgIpc) is 1.96. The van der Waals surface area contributed by atoms with Gasteiger partial charge in [0.2, 0.25) is 0 Å². The summed E-state index contributed by atoms with van der Waals surface area (Å²) >= 11 is 10.7. The zero-order chi connectivity index (χ0) is 10.1. The van der Waals surface area contributed by atoms with Crippen molar-refractivity contribution in [2.24, 2.45) is 0 Å². The van der Waals surface area contributed by atoms with Crippen LogP contribution >= 0.6 is 23.2 Å². The maximum Gasteiger partial charge on any atom is 0.573 e. The standard InChI is InChI=1S/C6H2Cl2F3NO/c7-4-3(13-6(9,10)11)1-2-12-5(4)8/h1-2H. The molecule has 0 bridgehead atoms. The van der Waals surface area contributed by atoms with Gasteiger partial charge in [0.25, 0.3) is 0 Å². The smallest absolute Gasteiger partial charge is 0.404 e. The lowest BCUT2D eigenvalue weighted by molar-refractivity contribution is -0.274. The van der Waals surface area contributed by atoms with Gasteiger partial charge in [-0.25, -0.2) is 4.98 Å². The summed E-state index contributed by atoms with van der Waals surface area (Å²) in [7, 11) is 0. The van der Waals surface area contributed by atoms with E-state index in [0.29, 0.717) is 0 Å². The number of pyridine rings is 1. The molecule has 0 aliphatic heterocycles. The Morgan fingerprint density at radius 2 is 1.92 bits per heavy atom. The molecular weight excluding hydrogens is 230 g/mol. The molecule has 0 saturated heterocycles. The molecule has 1 aromatic heterocycles. The molecule has 0 spiro atoms. The number of nitrogens with zero attached hydrogens (tertiary/aromatic N) is 1. The van der Waals surface area contributed by atoms with Crippen LogP contribution in [0.2, 0.25) is 10.2 Å². The first-order valence-corrected chi connectivity index (χ1v) is 3.71. The van der Waals surface area contributed by atoms with E-state index in [1.54, 1.807) is 0 Å². The summed E-state index contributed by atoms with van der Waals surface area (Å²) in [6, 6.07) is 0.974. The first-order chi connectivity index (χ1) is 5.90. The second kappa shape index (κ2) is 3.59. The molecule has 7 heteroatoms. The normalized spacial score (nSPS) is 11.5. The first kappa shape index (κ1) is 10.4. The summed E-state index contributed by atoms with van der Waals surface area (Å²) < 4.78 is 38.7. The monoisotopic (exact) mass is 231 g/mol. The van der Waals surface area contributed by atoms with Gasteiger partial charge in [0.15, 0.2) is 10.9 Å². The van der Waals surface area contributed by atoms with Crippen LogP contribution < -0.4 is 4.74 Å². The van der Waals surface area contributed by atoms with Crippen LogP contribution in [-0.2, 0) is 0 Å². The molecule has 0 fully saturated rings. The molecule has 72 valence electrons. The summed E-state index contributed by atoms with van der Waals surface area (Å²) in [5.41, 5.74) is 0. The molecule has 1 aromatic rings. The number of aromatic nitrogens is 1. The molecular formula is C6H2Cl2F3NO. The van der Waals surface area contributed by atoms with E-state index in [4.69, 9.17) is 23.2 Å². The van der Waals surface area contributed by atoms with Gasteiger partial charge < -0.3 is 4.74 Å². The molecule has 0 aliphatic carbocycles. The molecule has 2 nitrogen and oxygen atoms in total. The highest BCUT2D eigenvalue weighted by Crippen LogP contribution is 2.33. The maximum absolute atomic E-state index is 11.7. The van der Waals surface area contributed by atoms with Crippen molar-refractivity contribution in [1.29, 1.82) is 0 Å². The Kier molecular flexibility index (Phi) is 2.87. The van der Waals surface area contributed by atoms with Crippen LogP contribution in [0.5, 0.6) is 5.75 Å². The summed E-state index contributed by atoms with van der Waals surface area (Å²) in [6.07, 6.45) is -3.72. The molecule has 0 unspecified atom stereocenters. The molecule has 0 N–H and O–H groups in total. The molecule has 0 amide bonds. The summed E-state index contributed by atoms with van der Waals surface area (Å²) in [4.78, 5) is 3.46. The molecule has 1 rings (SSSR count). The van der Waals surface area contributed by atoms with Crippen LogP contribution in [-0.4, -0.2) is 11.3 Å². The number of rotatable bonds is 1. The average molecular weight is 232 g/mol. The highest BCUT2D eigenvalue weighted by molar-refractivity contribution is 6.42. The van der Waals surface area contributed by atoms with Crippen molar-refractivity contribution in [3.8, 4) is 5.75 Å². The molecule has 0 radical (unpaired) electrons. The zero-order valence-electron chi connectivity index (χ0n) is 5.90. The minimum atomic E-state index is -4.78. The lowest BCUT2D eigenvalue weighted by Gasteiger charge is -2.09. The van der Waals surface area contributed by atoms with Crippen LogP contribution in [0.3, 0.4) is 0 Å². The van der Waals surface area contributed by atoms with E-state index < -0.39 is 12.1 Å². The van der Waals surface area contributed by atoms with Gasteiger partial charge in [0.05, 0.1) is 0 Å². The fourth-order valence-electron chi connectivity index (χ4n) is 0.605. The van der Waals surface area contributed by atoms with E-state index in [2.05, 4.69) is 9.72 Å². The fraction of sp³-hybridized carbons (Fsp3) is 0.167. The Balaban J connectivity index is 2.96. The second-order valence-corrected chi connectivity index (χ2v) is 2.70. The first-order valence-electron chi connectivity index (χ1n) is 2.96. The second-order valence-electron chi connectivity index (χ2n) is 1.96. The number of halogens is 5. The van der Waals surface area contributed by atoms with E-state index in [9.17, 15) is 13.2 Å². The molecule has 0 aliphatic rings. The van der Waals surface area contributed by atoms with E-state index in [1.807, 2.05) is 0 Å². The van der Waals surface area contributed by atoms with Gasteiger partial charge in [-0.15, -0.1) is 13.2 Å². The van der Waals surface area contributed by atoms with Gasteiger partial charge in [0, 0.05) is 12.3 Å². The van der Waals surface area contributed by atoms with Crippen LogP contribution in [0.4, 0.5) is 13.2 Å². The highest BCUT2D eigenvalue weighted by Gasteiger charge is 2.32. The molecule has 0 atom stereocenters. The number of alkyl halides is 3. The van der Waals surface area contributed by atoms with Crippen molar-refractivity contribution < 1.29 is 17.9 Å². The molecule has 13 heavy (non-hydrogen) atoms. The maximum atomic E-state index is 11.7. The van der Waals surface area contributed by atoms with E-state index in [-0.39, 0.29) is 10.2 Å². The lowest BCUT2D eigenvalue weighted by Crippen LogP contribution is -2.17. The van der Waals surface area contributed by atoms with Crippen LogP contribution in [0.25, 0.3) is 0 Å². The SMILES string of the molecule is FC(F)(F)Oc1ccnc(Cl)c1Cl. The quantitative estimate of drug-likeness (QED) is 0.693. The highest BCUT2D eigenvalue weighted by atomic mass is 35.5. The lowest BCUT2D eigenvalue weighted by atomic mass is 10.4. The Labute approximate surface area is 81.2 Å². The van der Waals surface area contributed by atoms with Crippen molar-refractivity contribution in [2.45, 2.75) is 6.36 Å². The van der Waals surface area contributed by atoms with E-state index in [0.717, 1.165) is 12.3 Å². The van der Waals surface area contributed by atoms with Gasteiger partial charge in [0.1, 0.15) is 5.02 Å². The summed E-state index contributed by atoms with van der Waals surface area (Å²) in [6.45, 7) is 0. The van der Waals surface area contributed by atoms with Crippen LogP contribution in [0.1, 0.15) is 0 Å². The summed E-state index contributed by atoms with van der Waals surface area (Å²) in [5, 5.41) is -0.593. The van der Waals surface area contributed by atoms with Crippen molar-refractivity contribution in [3.05, 3.63) is 22.4 Å². The number of ether oxygens (including phenoxy) is 1. The Bertz CT molecular complexity index is 315. The van der Waals surface area contributed by atoms with Gasteiger partial charge in [-0.1, -0.05) is 23.2 Å². The summed E-state index contributed by atoms with van der Waals surface area (Å²) in [5.74, 6) is -0.561. The van der Waals surface area contributed by atoms with E-state index in [1.165, 1.54) is 0 Å². The third-order valence-electron chi connectivity index (χ3n) is 1.04. The Hall–Kier alpha value is -0.680. The van der Waals surface area contributed by atoms with Crippen molar-refractivity contribution in [1.82, 2.24) is 4.98 Å². The topological polar surface area (TPSA) is 22.1 Å². The third kappa shape index (κ3) is 2.93. The largest absolute Gasteiger partial charge is 0.573 e. The minimum Gasteiger partial charge on any atom is -0.404 e. The van der Waals surface area contributed by atoms with Crippen molar-refractivity contribution in [3.63, 3.8) is 0 Å². The minimum absolute atomic E-state index is 0.233. The van der Waals surface area contributed by atoms with Gasteiger partial charge in [-0.3, -0.25) is 0 Å². The number of hydrogen-bond donors (Lipinski definition) is 0. The predicted octanol–water partition coefficient (Wildman–Crippen LogP) is 3.29. The molecule has 1 heterocycles. The third-order valence-corrected chi connectivity index (χ3v) is 1.79. The van der Waals surface area contributed by atoms with Crippen molar-refractivity contribution >= 4 is 23.2 Å². The van der Waals surface area contributed by atoms with Crippen LogP contribution in [0.15, 0.2) is 12.3 Å². The van der Waals surface area contributed by atoms with Crippen molar-refractivity contribution in [2.75, 3.05) is 0 Å². The Morgan fingerprint density at radius 1 is 1.31 bits per heavy atom. The zero-order valence-corrected chi connectivity index (χ0v) is 7.41. The van der Waals surface area contributed by atoms with Crippen LogP contribution in [0, 0.1) is 0 Å². The van der Waals surface area contributed by atoms with Gasteiger partial charge in [-0.2, -0.15) is 0 Å². The number of hydrogen-bond acceptors (Lipinski definition) is 2. The predicted molar refractivity (Wildman–Crippen MR) is 40.9 cm³/mol. The molecule has 0 saturated carbocycles. The molecule has 0 aromatic carbocycles.